The van der Waals surface area contributed by atoms with E-state index in [1.54, 1.807) is 0 Å². The molecule has 1 rings (SSSR count). The van der Waals surface area contributed by atoms with E-state index >= 15 is 0 Å². The molecule has 1 aliphatic heterocycles. The first-order valence-electron chi connectivity index (χ1n) is 3.51. The van der Waals surface area contributed by atoms with Gasteiger partial charge in [0, 0.05) is 6.54 Å². The lowest BCUT2D eigenvalue weighted by Gasteiger charge is -1.94. The second kappa shape index (κ2) is 4.33. The van der Waals surface area contributed by atoms with Crippen LogP contribution in [-0.2, 0) is 0 Å². The van der Waals surface area contributed by atoms with Crippen LogP contribution in [0.2, 0.25) is 0 Å². The lowest BCUT2D eigenvalue weighted by molar-refractivity contribution is 0.758. The van der Waals surface area contributed by atoms with Crippen molar-refractivity contribution in [1.82, 2.24) is 5.32 Å². The SMILES string of the molecule is C1=CCCNCC=CC1. The summed E-state index contributed by atoms with van der Waals surface area (Å²) in [7, 11) is 0. The molecule has 1 N–H and O–H groups in total. The summed E-state index contributed by atoms with van der Waals surface area (Å²) in [6.07, 6.45) is 11.1. The van der Waals surface area contributed by atoms with Crippen LogP contribution in [0, 0.1) is 0 Å². The Morgan fingerprint density at radius 2 is 1.89 bits per heavy atom. The van der Waals surface area contributed by atoms with E-state index in [4.69, 9.17) is 0 Å². The second-order valence-corrected chi connectivity index (χ2v) is 2.17. The van der Waals surface area contributed by atoms with Crippen molar-refractivity contribution in [2.45, 2.75) is 12.8 Å². The fourth-order valence-corrected chi connectivity index (χ4v) is 0.843. The van der Waals surface area contributed by atoms with Crippen molar-refractivity contribution in [3.63, 3.8) is 0 Å². The molecule has 1 nitrogen and oxygen atoms in total. The van der Waals surface area contributed by atoms with Gasteiger partial charge in [0.15, 0.2) is 0 Å². The minimum absolute atomic E-state index is 1.03. The topological polar surface area (TPSA) is 12.0 Å². The number of hydrogen-bond acceptors (Lipinski definition) is 1. The highest BCUT2D eigenvalue weighted by Crippen LogP contribution is 1.90. The van der Waals surface area contributed by atoms with Gasteiger partial charge in [0.05, 0.1) is 0 Å². The number of rotatable bonds is 0. The lowest BCUT2D eigenvalue weighted by atomic mass is 10.3. The molecular weight excluding hydrogens is 110 g/mol. The maximum atomic E-state index is 3.29. The van der Waals surface area contributed by atoms with E-state index in [0.29, 0.717) is 0 Å². The van der Waals surface area contributed by atoms with Crippen LogP contribution >= 0.6 is 0 Å². The van der Waals surface area contributed by atoms with Gasteiger partial charge in [-0.3, -0.25) is 0 Å². The zero-order valence-corrected chi connectivity index (χ0v) is 5.64. The van der Waals surface area contributed by atoms with E-state index in [1.165, 1.54) is 6.42 Å². The Kier molecular flexibility index (Phi) is 3.16. The summed E-state index contributed by atoms with van der Waals surface area (Å²) in [6.45, 7) is 2.14. The van der Waals surface area contributed by atoms with Gasteiger partial charge in [-0.2, -0.15) is 0 Å². The fourth-order valence-electron chi connectivity index (χ4n) is 0.843. The highest BCUT2D eigenvalue weighted by atomic mass is 14.8. The van der Waals surface area contributed by atoms with Crippen LogP contribution in [0.4, 0.5) is 0 Å². The summed E-state index contributed by atoms with van der Waals surface area (Å²) in [5.74, 6) is 0. The molecule has 0 saturated heterocycles. The largest absolute Gasteiger partial charge is 0.313 e. The van der Waals surface area contributed by atoms with Gasteiger partial charge in [-0.1, -0.05) is 24.3 Å². The van der Waals surface area contributed by atoms with Crippen molar-refractivity contribution in [2.75, 3.05) is 13.1 Å². The second-order valence-electron chi connectivity index (χ2n) is 2.17. The minimum atomic E-state index is 1.03. The third kappa shape index (κ3) is 3.09. The molecule has 1 heterocycles. The highest BCUT2D eigenvalue weighted by molar-refractivity contribution is 4.95. The van der Waals surface area contributed by atoms with E-state index in [-0.39, 0.29) is 0 Å². The Morgan fingerprint density at radius 1 is 1.00 bits per heavy atom. The molecule has 0 aliphatic carbocycles. The van der Waals surface area contributed by atoms with Crippen molar-refractivity contribution < 1.29 is 0 Å². The summed E-state index contributed by atoms with van der Waals surface area (Å²) in [4.78, 5) is 0. The zero-order valence-electron chi connectivity index (χ0n) is 5.64. The Bertz CT molecular complexity index is 99.7. The van der Waals surface area contributed by atoms with Crippen LogP contribution < -0.4 is 5.32 Å². The smallest absolute Gasteiger partial charge is 0.0135 e. The Labute approximate surface area is 56.5 Å². The van der Waals surface area contributed by atoms with E-state index in [9.17, 15) is 0 Å². The van der Waals surface area contributed by atoms with Gasteiger partial charge in [-0.25, -0.2) is 0 Å². The molecule has 0 atom stereocenters. The lowest BCUT2D eigenvalue weighted by Crippen LogP contribution is -2.13. The van der Waals surface area contributed by atoms with Crippen LogP contribution in [0.3, 0.4) is 0 Å². The van der Waals surface area contributed by atoms with E-state index in [0.717, 1.165) is 19.5 Å². The van der Waals surface area contributed by atoms with Gasteiger partial charge < -0.3 is 5.32 Å². The first kappa shape index (κ1) is 6.56. The van der Waals surface area contributed by atoms with Crippen LogP contribution in [0.1, 0.15) is 12.8 Å². The van der Waals surface area contributed by atoms with Crippen molar-refractivity contribution in [3.8, 4) is 0 Å². The maximum Gasteiger partial charge on any atom is 0.0135 e. The average molecular weight is 123 g/mol. The molecular formula is C8H13N. The van der Waals surface area contributed by atoms with Gasteiger partial charge >= 0.3 is 0 Å². The zero-order chi connectivity index (χ0) is 6.36. The molecule has 0 fully saturated rings. The molecule has 1 heteroatoms. The number of allylic oxidation sites excluding steroid dienone is 2. The molecule has 0 aromatic heterocycles. The summed E-state index contributed by atoms with van der Waals surface area (Å²) in [5.41, 5.74) is 0. The monoisotopic (exact) mass is 123 g/mol. The van der Waals surface area contributed by atoms with Crippen LogP contribution in [0.5, 0.6) is 0 Å². The van der Waals surface area contributed by atoms with Gasteiger partial charge in [0.1, 0.15) is 0 Å². The standard InChI is InChI=1S/C8H13N/c1-2-4-6-8-9-7-5-3-1/h1,3-4,6,9H,2,5,7-8H2. The first-order valence-corrected chi connectivity index (χ1v) is 3.51. The predicted octanol–water partition coefficient (Wildman–Crippen LogP) is 1.48. The van der Waals surface area contributed by atoms with Crippen molar-refractivity contribution >= 4 is 0 Å². The van der Waals surface area contributed by atoms with Crippen LogP contribution in [0.15, 0.2) is 24.3 Å². The summed E-state index contributed by atoms with van der Waals surface area (Å²) in [5, 5.41) is 3.29. The van der Waals surface area contributed by atoms with Gasteiger partial charge in [0.2, 0.25) is 0 Å². The normalized spacial score (nSPS) is 20.4. The van der Waals surface area contributed by atoms with Crippen LogP contribution in [-0.4, -0.2) is 13.1 Å². The third-order valence-corrected chi connectivity index (χ3v) is 1.36. The summed E-state index contributed by atoms with van der Waals surface area (Å²) >= 11 is 0. The number of nitrogens with one attached hydrogen (secondary N) is 1. The highest BCUT2D eigenvalue weighted by Gasteiger charge is 1.82. The molecule has 0 aromatic carbocycles. The fraction of sp³-hybridized carbons (Fsp3) is 0.500. The Morgan fingerprint density at radius 3 is 2.89 bits per heavy atom. The van der Waals surface area contributed by atoms with Gasteiger partial charge in [-0.05, 0) is 19.4 Å². The molecule has 1 aliphatic rings. The van der Waals surface area contributed by atoms with Crippen molar-refractivity contribution in [2.24, 2.45) is 0 Å². The number of hydrogen-bond donors (Lipinski definition) is 1. The van der Waals surface area contributed by atoms with Gasteiger partial charge in [0.25, 0.3) is 0 Å². The summed E-state index contributed by atoms with van der Waals surface area (Å²) < 4.78 is 0. The van der Waals surface area contributed by atoms with E-state index < -0.39 is 0 Å². The molecule has 0 aromatic rings. The molecule has 0 bridgehead atoms. The summed E-state index contributed by atoms with van der Waals surface area (Å²) in [6, 6.07) is 0. The maximum absolute atomic E-state index is 3.29. The molecule has 0 spiro atoms. The third-order valence-electron chi connectivity index (χ3n) is 1.36. The molecule has 0 radical (unpaired) electrons. The average Bonchev–Trinajstić information content (AvgIpc) is 2.00. The van der Waals surface area contributed by atoms with Crippen LogP contribution in [0.25, 0.3) is 0 Å². The van der Waals surface area contributed by atoms with E-state index in [2.05, 4.69) is 29.6 Å². The Balaban J connectivity index is 2.28. The Hall–Kier alpha value is -0.560. The molecule has 0 saturated carbocycles. The van der Waals surface area contributed by atoms with Crippen molar-refractivity contribution in [1.29, 1.82) is 0 Å². The molecule has 9 heavy (non-hydrogen) atoms. The quantitative estimate of drug-likeness (QED) is 0.481. The van der Waals surface area contributed by atoms with Gasteiger partial charge in [-0.15, -0.1) is 0 Å². The molecule has 0 amide bonds. The predicted molar refractivity (Wildman–Crippen MR) is 40.4 cm³/mol. The molecule has 50 valence electrons. The van der Waals surface area contributed by atoms with Crippen molar-refractivity contribution in [3.05, 3.63) is 24.3 Å². The molecule has 0 unspecified atom stereocenters. The first-order chi connectivity index (χ1) is 4.50. The van der Waals surface area contributed by atoms with E-state index in [1.807, 2.05) is 0 Å². The minimum Gasteiger partial charge on any atom is -0.313 e.